The lowest BCUT2D eigenvalue weighted by Crippen LogP contribution is -1.73. The molecule has 0 unspecified atom stereocenters. The first-order valence-electron chi connectivity index (χ1n) is 3.30. The zero-order valence-corrected chi connectivity index (χ0v) is 7.29. The molecule has 0 aromatic heterocycles. The minimum absolute atomic E-state index is 1.21. The lowest BCUT2D eigenvalue weighted by Gasteiger charge is -1.92. The molecular formula is C8H15S. The fourth-order valence-corrected chi connectivity index (χ4v) is 1.02. The van der Waals surface area contributed by atoms with Gasteiger partial charge in [-0.15, -0.1) is 0 Å². The summed E-state index contributed by atoms with van der Waals surface area (Å²) in [6.45, 7) is 6.35. The predicted molar refractivity (Wildman–Crippen MR) is 46.5 cm³/mol. The Morgan fingerprint density at radius 2 is 2.11 bits per heavy atom. The van der Waals surface area contributed by atoms with E-state index in [1.54, 1.807) is 0 Å². The Kier molecular flexibility index (Phi) is 6.28. The molecule has 53 valence electrons. The summed E-state index contributed by atoms with van der Waals surface area (Å²) >= 11 is 1.88. The van der Waals surface area contributed by atoms with Crippen LogP contribution in [0.15, 0.2) is 11.6 Å². The van der Waals surface area contributed by atoms with E-state index in [0.717, 1.165) is 0 Å². The van der Waals surface area contributed by atoms with E-state index in [1.165, 1.54) is 17.7 Å². The molecule has 9 heavy (non-hydrogen) atoms. The van der Waals surface area contributed by atoms with E-state index >= 15 is 0 Å². The molecule has 0 saturated carbocycles. The van der Waals surface area contributed by atoms with Gasteiger partial charge in [0.25, 0.3) is 0 Å². The van der Waals surface area contributed by atoms with E-state index in [0.29, 0.717) is 0 Å². The zero-order valence-electron chi connectivity index (χ0n) is 6.48. The first-order chi connectivity index (χ1) is 4.27. The molecule has 0 saturated heterocycles. The van der Waals surface area contributed by atoms with Crippen molar-refractivity contribution < 1.29 is 0 Å². The van der Waals surface area contributed by atoms with Gasteiger partial charge in [0, 0.05) is 5.75 Å². The smallest absolute Gasteiger partial charge is 0.0135 e. The molecule has 0 aliphatic carbocycles. The highest BCUT2D eigenvalue weighted by Gasteiger charge is 1.81. The van der Waals surface area contributed by atoms with Crippen molar-refractivity contribution >= 4 is 11.8 Å². The van der Waals surface area contributed by atoms with Gasteiger partial charge in [-0.05, 0) is 26.0 Å². The predicted octanol–water partition coefficient (Wildman–Crippen LogP) is 3.26. The van der Waals surface area contributed by atoms with Gasteiger partial charge in [0.2, 0.25) is 0 Å². The van der Waals surface area contributed by atoms with Gasteiger partial charge >= 0.3 is 0 Å². The van der Waals surface area contributed by atoms with Gasteiger partial charge in [0.1, 0.15) is 0 Å². The third-order valence-electron chi connectivity index (χ3n) is 0.955. The Balaban J connectivity index is 3.00. The topological polar surface area (TPSA) is 0 Å². The molecule has 0 aromatic rings. The highest BCUT2D eigenvalue weighted by atomic mass is 32.2. The normalized spacial score (nSPS) is 9.22. The number of hydrogen-bond donors (Lipinski definition) is 0. The monoisotopic (exact) mass is 143 g/mol. The average Bonchev–Trinajstić information content (AvgIpc) is 1.80. The van der Waals surface area contributed by atoms with Crippen LogP contribution in [0.25, 0.3) is 0 Å². The number of hydrogen-bond acceptors (Lipinski definition) is 1. The molecule has 0 amide bonds. The van der Waals surface area contributed by atoms with E-state index in [-0.39, 0.29) is 0 Å². The molecule has 0 spiro atoms. The van der Waals surface area contributed by atoms with Crippen molar-refractivity contribution in [1.29, 1.82) is 0 Å². The van der Waals surface area contributed by atoms with Gasteiger partial charge in [-0.2, -0.15) is 11.8 Å². The van der Waals surface area contributed by atoms with Crippen molar-refractivity contribution in [2.24, 2.45) is 0 Å². The van der Waals surface area contributed by atoms with Crippen LogP contribution in [-0.4, -0.2) is 5.75 Å². The van der Waals surface area contributed by atoms with E-state index in [1.807, 2.05) is 11.8 Å². The Bertz CT molecular complexity index is 80.6. The summed E-state index contributed by atoms with van der Waals surface area (Å²) in [5.74, 6) is 3.36. The highest BCUT2D eigenvalue weighted by molar-refractivity contribution is 8.01. The number of rotatable bonds is 4. The van der Waals surface area contributed by atoms with Crippen molar-refractivity contribution in [1.82, 2.24) is 0 Å². The number of thioether (sulfide) groups is 1. The van der Waals surface area contributed by atoms with E-state index in [2.05, 4.69) is 32.6 Å². The first-order valence-corrected chi connectivity index (χ1v) is 4.35. The Morgan fingerprint density at radius 1 is 1.44 bits per heavy atom. The van der Waals surface area contributed by atoms with Crippen molar-refractivity contribution in [3.63, 3.8) is 0 Å². The summed E-state index contributed by atoms with van der Waals surface area (Å²) in [7, 11) is 0. The molecule has 0 bridgehead atoms. The van der Waals surface area contributed by atoms with E-state index in [9.17, 15) is 0 Å². The minimum Gasteiger partial charge on any atom is -0.157 e. The summed E-state index contributed by atoms with van der Waals surface area (Å²) < 4.78 is 0. The molecule has 0 rings (SSSR count). The fourth-order valence-electron chi connectivity index (χ4n) is 0.533. The molecule has 0 heterocycles. The summed E-state index contributed by atoms with van der Waals surface area (Å²) in [5, 5.41) is 0. The van der Waals surface area contributed by atoms with Crippen molar-refractivity contribution in [2.75, 3.05) is 5.75 Å². The molecule has 0 fully saturated rings. The van der Waals surface area contributed by atoms with Crippen LogP contribution in [0.4, 0.5) is 0 Å². The second kappa shape index (κ2) is 6.21. The van der Waals surface area contributed by atoms with Gasteiger partial charge in [0.15, 0.2) is 0 Å². The largest absolute Gasteiger partial charge is 0.157 e. The van der Waals surface area contributed by atoms with Gasteiger partial charge in [0.05, 0.1) is 0 Å². The maximum absolute atomic E-state index is 2.27. The SMILES string of the molecule is C[CH]SCCC=C(C)C. The lowest BCUT2D eigenvalue weighted by molar-refractivity contribution is 1.19. The standard InChI is InChI=1S/C8H15S/c1-4-9-7-5-6-8(2)3/h4,6H,5,7H2,1-3H3. The lowest BCUT2D eigenvalue weighted by atomic mass is 10.3. The zero-order chi connectivity index (χ0) is 7.11. The van der Waals surface area contributed by atoms with Gasteiger partial charge < -0.3 is 0 Å². The van der Waals surface area contributed by atoms with Crippen LogP contribution < -0.4 is 0 Å². The van der Waals surface area contributed by atoms with Crippen molar-refractivity contribution in [3.8, 4) is 0 Å². The molecule has 1 radical (unpaired) electrons. The van der Waals surface area contributed by atoms with Crippen LogP contribution >= 0.6 is 11.8 Å². The van der Waals surface area contributed by atoms with Crippen LogP contribution in [-0.2, 0) is 0 Å². The van der Waals surface area contributed by atoms with Gasteiger partial charge in [-0.3, -0.25) is 0 Å². The minimum atomic E-state index is 1.21. The molecule has 0 aromatic carbocycles. The summed E-state index contributed by atoms with van der Waals surface area (Å²) in [5.41, 5.74) is 1.42. The molecule has 0 atom stereocenters. The molecule has 0 N–H and O–H groups in total. The van der Waals surface area contributed by atoms with Crippen molar-refractivity contribution in [3.05, 3.63) is 17.4 Å². The van der Waals surface area contributed by atoms with E-state index < -0.39 is 0 Å². The second-order valence-electron chi connectivity index (χ2n) is 2.18. The fraction of sp³-hybridized carbons (Fsp3) is 0.625. The van der Waals surface area contributed by atoms with Crippen LogP contribution in [0.2, 0.25) is 0 Å². The van der Waals surface area contributed by atoms with Crippen LogP contribution in [0.5, 0.6) is 0 Å². The summed E-state index contributed by atoms with van der Waals surface area (Å²) in [6, 6.07) is 0. The molecule has 0 aliphatic heterocycles. The quantitative estimate of drug-likeness (QED) is 0.430. The Labute approximate surface area is 62.7 Å². The maximum atomic E-state index is 2.27. The Hall–Kier alpha value is 0.0900. The third kappa shape index (κ3) is 8.09. The molecular weight excluding hydrogens is 128 g/mol. The number of allylic oxidation sites excluding steroid dienone is 2. The summed E-state index contributed by atoms with van der Waals surface area (Å²) in [6.07, 6.45) is 3.48. The third-order valence-corrected chi connectivity index (χ3v) is 1.76. The van der Waals surface area contributed by atoms with Crippen molar-refractivity contribution in [2.45, 2.75) is 27.2 Å². The molecule has 0 aliphatic rings. The maximum Gasteiger partial charge on any atom is 0.0135 e. The van der Waals surface area contributed by atoms with Gasteiger partial charge in [-0.1, -0.05) is 18.6 Å². The van der Waals surface area contributed by atoms with E-state index in [4.69, 9.17) is 0 Å². The highest BCUT2D eigenvalue weighted by Crippen LogP contribution is 2.06. The summed E-state index contributed by atoms with van der Waals surface area (Å²) in [4.78, 5) is 0. The van der Waals surface area contributed by atoms with Crippen LogP contribution in [0.1, 0.15) is 27.2 Å². The molecule has 0 nitrogen and oxygen atoms in total. The average molecular weight is 143 g/mol. The van der Waals surface area contributed by atoms with Gasteiger partial charge in [-0.25, -0.2) is 0 Å². The first kappa shape index (κ1) is 9.09. The molecule has 1 heteroatoms. The second-order valence-corrected chi connectivity index (χ2v) is 3.39. The Morgan fingerprint density at radius 3 is 2.56 bits per heavy atom. The van der Waals surface area contributed by atoms with Crippen LogP contribution in [0.3, 0.4) is 0 Å². The van der Waals surface area contributed by atoms with Crippen LogP contribution in [0, 0.1) is 5.75 Å².